The summed E-state index contributed by atoms with van der Waals surface area (Å²) < 4.78 is 17.4. The third-order valence-corrected chi connectivity index (χ3v) is 10.1. The second-order valence-electron chi connectivity index (χ2n) is 12.4. The maximum absolute atomic E-state index is 13.3. The topological polar surface area (TPSA) is 148 Å². The van der Waals surface area contributed by atoms with E-state index in [2.05, 4.69) is 21.2 Å². The van der Waals surface area contributed by atoms with E-state index in [1.807, 2.05) is 20.0 Å². The summed E-state index contributed by atoms with van der Waals surface area (Å²) >= 11 is 0. The Morgan fingerprint density at radius 2 is 1.80 bits per heavy atom. The highest BCUT2D eigenvalue weighted by Gasteiger charge is 2.56. The Morgan fingerprint density at radius 3 is 2.51 bits per heavy atom. The van der Waals surface area contributed by atoms with Crippen molar-refractivity contribution >= 4 is 5.91 Å². The first-order valence-corrected chi connectivity index (χ1v) is 15.1. The molecule has 2 bridgehead atoms. The van der Waals surface area contributed by atoms with Crippen LogP contribution in [0, 0.1) is 25.2 Å². The lowest BCUT2D eigenvalue weighted by Crippen LogP contribution is -2.68. The van der Waals surface area contributed by atoms with Gasteiger partial charge in [0.25, 0.3) is 0 Å². The molecule has 4 aliphatic heterocycles. The van der Waals surface area contributed by atoms with E-state index in [0.29, 0.717) is 46.8 Å². The number of carbonyl (C=O) groups excluding carboxylic acids is 1. The van der Waals surface area contributed by atoms with Gasteiger partial charge in [-0.25, -0.2) is 0 Å². The molecule has 45 heavy (non-hydrogen) atoms. The van der Waals surface area contributed by atoms with Crippen LogP contribution in [0.5, 0.6) is 34.5 Å². The number of hydrogen-bond donors (Lipinski definition) is 4. The molecule has 11 heteroatoms. The number of nitrogens with zero attached hydrogens (tertiary/aromatic N) is 3. The van der Waals surface area contributed by atoms with Crippen LogP contribution in [0.4, 0.5) is 0 Å². The summed E-state index contributed by atoms with van der Waals surface area (Å²) in [5.74, 6) is 1.52. The summed E-state index contributed by atoms with van der Waals surface area (Å²) in [5.41, 5.74) is 5.29. The summed E-state index contributed by atoms with van der Waals surface area (Å²) in [6, 6.07) is 9.14. The molecule has 5 atom stereocenters. The highest BCUT2D eigenvalue weighted by atomic mass is 16.7. The number of fused-ring (bicyclic) bond motifs is 9. The smallest absolute Gasteiger partial charge is 0.231 e. The van der Waals surface area contributed by atoms with Crippen molar-refractivity contribution in [1.29, 1.82) is 5.26 Å². The molecule has 4 N–H and O–H groups in total. The van der Waals surface area contributed by atoms with Crippen molar-refractivity contribution in [3.63, 3.8) is 0 Å². The van der Waals surface area contributed by atoms with E-state index in [0.717, 1.165) is 22.3 Å². The number of phenolic OH excluding ortho intramolecular Hbond substituents is 3. The van der Waals surface area contributed by atoms with Gasteiger partial charge in [0.1, 0.15) is 17.5 Å². The Labute approximate surface area is 261 Å². The van der Waals surface area contributed by atoms with Crippen molar-refractivity contribution in [2.45, 2.75) is 63.3 Å². The molecule has 0 aliphatic carbocycles. The number of aromatic hydroxyl groups is 3. The van der Waals surface area contributed by atoms with Crippen LogP contribution >= 0.6 is 0 Å². The lowest BCUT2D eigenvalue weighted by atomic mass is 9.71. The predicted octanol–water partition coefficient (Wildman–Crippen LogP) is 3.29. The molecular weight excluding hydrogens is 576 g/mol. The number of hydrogen-bond acceptors (Lipinski definition) is 10. The predicted molar refractivity (Wildman–Crippen MR) is 163 cm³/mol. The Hall–Kier alpha value is -4.66. The standard InChI is InChI=1S/C34H36N4O7/c1-16-9-19-11-22-24(13-35)38-23(29(37(22)3)27(19)31(42)32(16)43-4)12-21-28(34-33(44-15-45-34)17(2)30(21)41)25(38)14-36-26(40)10-18-5-7-20(39)8-6-18/h5-9,22-25,29,39,41-42H,10-12,14-15H2,1-4H3,(H,36,40)/t22-,23-,24-,25-,29-/m0/s1. The summed E-state index contributed by atoms with van der Waals surface area (Å²) in [6.45, 7) is 3.85. The Bertz CT molecular complexity index is 1750. The van der Waals surface area contributed by atoms with Gasteiger partial charge in [-0.05, 0) is 62.6 Å². The van der Waals surface area contributed by atoms with Crippen LogP contribution < -0.4 is 19.5 Å². The summed E-state index contributed by atoms with van der Waals surface area (Å²) in [7, 11) is 3.53. The zero-order valence-corrected chi connectivity index (χ0v) is 25.6. The quantitative estimate of drug-likeness (QED) is 0.338. The van der Waals surface area contributed by atoms with Gasteiger partial charge in [0.2, 0.25) is 12.7 Å². The van der Waals surface area contributed by atoms with E-state index < -0.39 is 12.1 Å². The molecule has 1 fully saturated rings. The maximum Gasteiger partial charge on any atom is 0.231 e. The number of nitriles is 1. The first-order chi connectivity index (χ1) is 21.6. The van der Waals surface area contributed by atoms with E-state index in [4.69, 9.17) is 14.2 Å². The van der Waals surface area contributed by atoms with Crippen molar-refractivity contribution in [1.82, 2.24) is 15.1 Å². The zero-order chi connectivity index (χ0) is 31.7. The molecule has 11 nitrogen and oxygen atoms in total. The summed E-state index contributed by atoms with van der Waals surface area (Å²) in [5, 5.41) is 46.6. The molecule has 7 rings (SSSR count). The molecule has 4 aliphatic rings. The van der Waals surface area contributed by atoms with Crippen LogP contribution in [0.2, 0.25) is 0 Å². The summed E-state index contributed by atoms with van der Waals surface area (Å²) in [4.78, 5) is 17.6. The average molecular weight is 613 g/mol. The maximum atomic E-state index is 13.3. The van der Waals surface area contributed by atoms with Crippen LogP contribution in [-0.2, 0) is 24.1 Å². The molecular formula is C34H36N4O7. The Kier molecular flexibility index (Phi) is 6.95. The van der Waals surface area contributed by atoms with Crippen LogP contribution in [0.25, 0.3) is 0 Å². The lowest BCUT2D eigenvalue weighted by Gasteiger charge is -2.60. The minimum Gasteiger partial charge on any atom is -0.508 e. The number of aryl methyl sites for hydroxylation is 1. The van der Waals surface area contributed by atoms with Crippen LogP contribution in [0.3, 0.4) is 0 Å². The van der Waals surface area contributed by atoms with Crippen LogP contribution in [0.1, 0.15) is 51.0 Å². The molecule has 3 aromatic carbocycles. The highest BCUT2D eigenvalue weighted by molar-refractivity contribution is 5.78. The average Bonchev–Trinajstić information content (AvgIpc) is 3.50. The van der Waals surface area contributed by atoms with Gasteiger partial charge in [-0.15, -0.1) is 0 Å². The first-order valence-electron chi connectivity index (χ1n) is 15.1. The van der Waals surface area contributed by atoms with E-state index in [1.165, 1.54) is 0 Å². The number of phenols is 3. The molecule has 0 radical (unpaired) electrons. The molecule has 0 aromatic heterocycles. The zero-order valence-electron chi connectivity index (χ0n) is 25.6. The monoisotopic (exact) mass is 612 g/mol. The number of likely N-dealkylation sites (N-methyl/N-ethyl adjacent to an activating group) is 1. The van der Waals surface area contributed by atoms with Crippen LogP contribution in [0.15, 0.2) is 30.3 Å². The fourth-order valence-electron chi connectivity index (χ4n) is 8.11. The largest absolute Gasteiger partial charge is 0.508 e. The number of benzene rings is 3. The van der Waals surface area contributed by atoms with Crippen molar-refractivity contribution in [3.8, 4) is 40.6 Å². The van der Waals surface area contributed by atoms with Crippen molar-refractivity contribution in [2.24, 2.45) is 0 Å². The molecule has 3 aromatic rings. The normalized spacial score (nSPS) is 24.6. The number of piperazine rings is 1. The summed E-state index contributed by atoms with van der Waals surface area (Å²) in [6.07, 6.45) is 1.04. The fourth-order valence-corrected chi connectivity index (χ4v) is 8.11. The second kappa shape index (κ2) is 10.8. The molecule has 1 saturated heterocycles. The molecule has 0 unspecified atom stereocenters. The second-order valence-corrected chi connectivity index (χ2v) is 12.4. The minimum atomic E-state index is -0.567. The van der Waals surface area contributed by atoms with E-state index in [9.17, 15) is 25.4 Å². The van der Waals surface area contributed by atoms with Gasteiger partial charge in [-0.2, -0.15) is 5.26 Å². The third-order valence-electron chi connectivity index (χ3n) is 10.1. The van der Waals surface area contributed by atoms with Gasteiger partial charge in [0.15, 0.2) is 23.0 Å². The number of ether oxygens (including phenoxy) is 3. The van der Waals surface area contributed by atoms with Gasteiger partial charge < -0.3 is 34.8 Å². The van der Waals surface area contributed by atoms with Crippen LogP contribution in [-0.4, -0.2) is 76.6 Å². The first kappa shape index (κ1) is 29.1. The minimum absolute atomic E-state index is 0.00544. The Balaban J connectivity index is 1.36. The van der Waals surface area contributed by atoms with Gasteiger partial charge in [-0.1, -0.05) is 18.2 Å². The number of rotatable bonds is 5. The van der Waals surface area contributed by atoms with E-state index >= 15 is 0 Å². The third kappa shape index (κ3) is 4.35. The number of carbonyl (C=O) groups is 1. The molecule has 234 valence electrons. The molecule has 4 heterocycles. The molecule has 0 saturated carbocycles. The van der Waals surface area contributed by atoms with Gasteiger partial charge in [0.05, 0.1) is 31.7 Å². The Morgan fingerprint density at radius 1 is 1.07 bits per heavy atom. The molecule has 0 spiro atoms. The SMILES string of the molecule is COc1c(C)cc2c(c1O)[C@@H]1[C@@H]3Cc4c(O)c(C)c5c(c4[C@H](CNC(=O)Cc4ccc(O)cc4)N3[C@@H](C#N)[C@H](C2)N1C)OCO5. The van der Waals surface area contributed by atoms with Crippen molar-refractivity contribution in [3.05, 3.63) is 69.3 Å². The van der Waals surface area contributed by atoms with E-state index in [1.54, 1.807) is 38.3 Å². The highest BCUT2D eigenvalue weighted by Crippen LogP contribution is 2.58. The number of amides is 1. The van der Waals surface area contributed by atoms with Gasteiger partial charge >= 0.3 is 0 Å². The van der Waals surface area contributed by atoms with E-state index in [-0.39, 0.29) is 61.0 Å². The number of methoxy groups -OCH3 is 1. The van der Waals surface area contributed by atoms with Crippen molar-refractivity contribution < 1.29 is 34.3 Å². The fraction of sp³-hybridized carbons (Fsp3) is 0.412. The molecule has 1 amide bonds. The number of nitrogens with one attached hydrogen (secondary N) is 1. The van der Waals surface area contributed by atoms with Gasteiger partial charge in [0, 0.05) is 40.9 Å². The van der Waals surface area contributed by atoms with Gasteiger partial charge in [-0.3, -0.25) is 14.6 Å². The lowest BCUT2D eigenvalue weighted by molar-refractivity contribution is -0.121. The van der Waals surface area contributed by atoms with Crippen molar-refractivity contribution in [2.75, 3.05) is 27.5 Å².